The van der Waals surface area contributed by atoms with E-state index in [0.29, 0.717) is 24.6 Å². The smallest absolute Gasteiger partial charge is 0.264 e. The maximum atomic E-state index is 12.8. The van der Waals surface area contributed by atoms with Crippen molar-refractivity contribution in [3.8, 4) is 46.2 Å². The van der Waals surface area contributed by atoms with Crippen LogP contribution < -0.4 is 5.69 Å². The van der Waals surface area contributed by atoms with E-state index in [1.165, 1.54) is 4.68 Å². The van der Waals surface area contributed by atoms with Crippen LogP contribution >= 0.6 is 0 Å². The number of rotatable bonds is 5. The monoisotopic (exact) mass is 423 g/mol. The Balaban J connectivity index is 1.65. The minimum Gasteiger partial charge on any atom is -0.264 e. The second-order valence-corrected chi connectivity index (χ2v) is 6.91. The summed E-state index contributed by atoms with van der Waals surface area (Å²) in [5, 5.41) is 18.7. The topological polar surface area (TPSA) is 94.3 Å². The first kappa shape index (κ1) is 20.8. The Morgan fingerprint density at radius 2 is 1.81 bits per heavy atom. The van der Waals surface area contributed by atoms with Gasteiger partial charge in [0, 0.05) is 12.0 Å². The van der Waals surface area contributed by atoms with E-state index in [1.54, 1.807) is 11.5 Å². The lowest BCUT2D eigenvalue weighted by molar-refractivity contribution is 0.657. The Hall–Kier alpha value is -4.43. The molecule has 0 aliphatic heterocycles. The van der Waals surface area contributed by atoms with Crippen LogP contribution in [0.4, 0.5) is 0 Å². The van der Waals surface area contributed by atoms with Crippen molar-refractivity contribution in [2.24, 2.45) is 0 Å². The first-order chi connectivity index (χ1) is 15.7. The largest absolute Gasteiger partial charge is 0.347 e. The van der Waals surface area contributed by atoms with E-state index in [0.717, 1.165) is 22.3 Å². The van der Waals surface area contributed by atoms with Crippen molar-refractivity contribution < 1.29 is 0 Å². The highest BCUT2D eigenvalue weighted by atomic mass is 16.2. The third-order valence-electron chi connectivity index (χ3n) is 4.82. The summed E-state index contributed by atoms with van der Waals surface area (Å²) in [5.41, 5.74) is 3.65. The number of tetrazole rings is 1. The van der Waals surface area contributed by atoms with Crippen LogP contribution in [0.1, 0.15) is 31.7 Å². The van der Waals surface area contributed by atoms with E-state index >= 15 is 0 Å². The summed E-state index contributed by atoms with van der Waals surface area (Å²) in [7, 11) is 0. The molecule has 0 unspecified atom stereocenters. The fourth-order valence-electron chi connectivity index (χ4n) is 3.28. The van der Waals surface area contributed by atoms with Gasteiger partial charge in [-0.3, -0.25) is 4.57 Å². The van der Waals surface area contributed by atoms with Crippen LogP contribution in [-0.4, -0.2) is 35.0 Å². The molecular weight excluding hydrogens is 402 g/mol. The fourth-order valence-corrected chi connectivity index (χ4v) is 3.28. The van der Waals surface area contributed by atoms with Gasteiger partial charge in [-0.05, 0) is 34.7 Å². The molecule has 4 rings (SSSR count). The van der Waals surface area contributed by atoms with E-state index < -0.39 is 0 Å². The number of benzene rings is 2. The Labute approximate surface area is 185 Å². The average molecular weight is 423 g/mol. The Kier molecular flexibility index (Phi) is 6.24. The maximum Gasteiger partial charge on any atom is 0.347 e. The van der Waals surface area contributed by atoms with Crippen LogP contribution in [0.15, 0.2) is 53.3 Å². The van der Waals surface area contributed by atoms with Crippen LogP contribution in [0.3, 0.4) is 0 Å². The number of nitrogens with one attached hydrogen (secondary N) is 1. The zero-order chi connectivity index (χ0) is 22.3. The maximum absolute atomic E-state index is 12.8. The van der Waals surface area contributed by atoms with Gasteiger partial charge in [-0.15, -0.1) is 21.2 Å². The lowest BCUT2D eigenvalue weighted by Gasteiger charge is -2.08. The highest BCUT2D eigenvalue weighted by molar-refractivity contribution is 5.80. The summed E-state index contributed by atoms with van der Waals surface area (Å²) >= 11 is 0. The molecule has 4 aromatic rings. The number of nitrogens with zero attached hydrogens (tertiary/aromatic N) is 6. The molecule has 0 spiro atoms. The zero-order valence-corrected chi connectivity index (χ0v) is 17.8. The van der Waals surface area contributed by atoms with Crippen molar-refractivity contribution in [1.82, 2.24) is 35.0 Å². The van der Waals surface area contributed by atoms with Crippen molar-refractivity contribution in [2.45, 2.75) is 33.4 Å². The molecule has 0 bridgehead atoms. The minimum absolute atomic E-state index is 0.223. The molecule has 0 amide bonds. The second kappa shape index (κ2) is 9.59. The van der Waals surface area contributed by atoms with Gasteiger partial charge in [0.1, 0.15) is 6.54 Å². The summed E-state index contributed by atoms with van der Waals surface area (Å²) in [6, 6.07) is 15.9. The normalized spacial score (nSPS) is 10.2. The van der Waals surface area contributed by atoms with Crippen LogP contribution in [0.2, 0.25) is 0 Å². The van der Waals surface area contributed by atoms with Gasteiger partial charge in [-0.2, -0.15) is 9.90 Å². The summed E-state index contributed by atoms with van der Waals surface area (Å²) in [5.74, 6) is 12.6. The summed E-state index contributed by atoms with van der Waals surface area (Å²) in [4.78, 5) is 12.8. The van der Waals surface area contributed by atoms with E-state index in [4.69, 9.17) is 0 Å². The van der Waals surface area contributed by atoms with Crippen molar-refractivity contribution >= 4 is 0 Å². The van der Waals surface area contributed by atoms with Crippen molar-refractivity contribution in [2.75, 3.05) is 0 Å². The van der Waals surface area contributed by atoms with Gasteiger partial charge < -0.3 is 0 Å². The van der Waals surface area contributed by atoms with Crippen molar-refractivity contribution in [3.05, 3.63) is 70.4 Å². The minimum atomic E-state index is -0.223. The number of H-pyrrole nitrogens is 1. The summed E-state index contributed by atoms with van der Waals surface area (Å²) < 4.78 is 2.94. The molecule has 2 aromatic carbocycles. The molecule has 32 heavy (non-hydrogen) atoms. The van der Waals surface area contributed by atoms with E-state index in [1.807, 2.05) is 55.5 Å². The van der Waals surface area contributed by atoms with Gasteiger partial charge in [0.15, 0.2) is 0 Å². The van der Waals surface area contributed by atoms with Gasteiger partial charge in [0.25, 0.3) is 0 Å². The standard InChI is InChI=1S/C24H21N7O/c1-3-5-11-22-27-31(16-6-4-2)24(32)30(22)17-18-12-14-19(15-13-18)20-9-7-8-10-21(20)23-25-28-29-26-23/h7-10,12-15H,3,16-17H2,1-2H3,(H,25,26,28,29). The zero-order valence-electron chi connectivity index (χ0n) is 17.8. The van der Waals surface area contributed by atoms with Crippen molar-refractivity contribution in [3.63, 3.8) is 0 Å². The average Bonchev–Trinajstić information content (AvgIpc) is 3.46. The van der Waals surface area contributed by atoms with E-state index in [2.05, 4.69) is 49.4 Å². The lowest BCUT2D eigenvalue weighted by Crippen LogP contribution is -2.25. The van der Waals surface area contributed by atoms with Gasteiger partial charge >= 0.3 is 5.69 Å². The number of aromatic amines is 1. The third-order valence-corrected chi connectivity index (χ3v) is 4.82. The molecule has 0 fully saturated rings. The Morgan fingerprint density at radius 3 is 2.50 bits per heavy atom. The Bertz CT molecular complexity index is 1390. The number of hydrogen-bond acceptors (Lipinski definition) is 5. The number of hydrogen-bond donors (Lipinski definition) is 1. The van der Waals surface area contributed by atoms with E-state index in [-0.39, 0.29) is 12.2 Å². The molecule has 0 saturated carbocycles. The summed E-state index contributed by atoms with van der Waals surface area (Å²) in [6.07, 6.45) is 0.685. The molecular formula is C24H21N7O. The molecule has 0 atom stereocenters. The molecule has 158 valence electrons. The first-order valence-corrected chi connectivity index (χ1v) is 10.2. The molecule has 0 aliphatic carbocycles. The van der Waals surface area contributed by atoms with Crippen LogP contribution in [0.5, 0.6) is 0 Å². The lowest BCUT2D eigenvalue weighted by atomic mass is 9.98. The first-order valence-electron chi connectivity index (χ1n) is 10.2. The van der Waals surface area contributed by atoms with Gasteiger partial charge in [-0.25, -0.2) is 4.79 Å². The predicted octanol–water partition coefficient (Wildman–Crippen LogP) is 2.73. The van der Waals surface area contributed by atoms with Crippen molar-refractivity contribution in [1.29, 1.82) is 0 Å². The third kappa shape index (κ3) is 4.35. The summed E-state index contributed by atoms with van der Waals surface area (Å²) in [6.45, 7) is 4.31. The Morgan fingerprint density at radius 1 is 1.03 bits per heavy atom. The quantitative estimate of drug-likeness (QED) is 0.498. The molecule has 0 saturated heterocycles. The molecule has 8 nitrogen and oxygen atoms in total. The van der Waals surface area contributed by atoms with Gasteiger partial charge in [-0.1, -0.05) is 67.3 Å². The van der Waals surface area contributed by atoms with Crippen LogP contribution in [0.25, 0.3) is 22.5 Å². The predicted molar refractivity (Wildman–Crippen MR) is 121 cm³/mol. The highest BCUT2D eigenvalue weighted by Gasteiger charge is 2.13. The molecule has 0 radical (unpaired) electrons. The SMILES string of the molecule is CC#CCn1nc(C#CCC)n(Cc2ccc(-c3ccccc3-c3nn[nH]n3)cc2)c1=O. The molecule has 2 heterocycles. The van der Waals surface area contributed by atoms with Crippen LogP contribution in [0, 0.1) is 23.7 Å². The molecule has 8 heteroatoms. The molecule has 2 aromatic heterocycles. The van der Waals surface area contributed by atoms with E-state index in [9.17, 15) is 4.79 Å². The van der Waals surface area contributed by atoms with Crippen LogP contribution in [-0.2, 0) is 13.1 Å². The molecule has 0 aliphatic rings. The van der Waals surface area contributed by atoms with Gasteiger partial charge in [0.2, 0.25) is 11.6 Å². The highest BCUT2D eigenvalue weighted by Crippen LogP contribution is 2.29. The molecule has 1 N–H and O–H groups in total. The fraction of sp³-hybridized carbons (Fsp3) is 0.208. The second-order valence-electron chi connectivity index (χ2n) is 6.91. The number of aromatic nitrogens is 7. The van der Waals surface area contributed by atoms with Gasteiger partial charge in [0.05, 0.1) is 6.54 Å².